The predicted molar refractivity (Wildman–Crippen MR) is 78.9 cm³/mol. The molecule has 2 aliphatic heterocycles. The van der Waals surface area contributed by atoms with E-state index in [9.17, 15) is 9.59 Å². The van der Waals surface area contributed by atoms with Gasteiger partial charge >= 0.3 is 0 Å². The summed E-state index contributed by atoms with van der Waals surface area (Å²) >= 11 is 0. The quantitative estimate of drug-likeness (QED) is 0.671. The van der Waals surface area contributed by atoms with Crippen LogP contribution in [0.1, 0.15) is 13.3 Å². The summed E-state index contributed by atoms with van der Waals surface area (Å²) in [4.78, 5) is 28.4. The normalized spacial score (nSPS) is 24.4. The lowest BCUT2D eigenvalue weighted by atomic mass is 10.2. The number of nitrogens with one attached hydrogen (secondary N) is 2. The van der Waals surface area contributed by atoms with Gasteiger partial charge in [0, 0.05) is 26.2 Å². The molecule has 1 unspecified atom stereocenters. The molecule has 7 heteroatoms. The molecule has 2 fully saturated rings. The Labute approximate surface area is 126 Å². The second-order valence-corrected chi connectivity index (χ2v) is 5.45. The maximum absolute atomic E-state index is 12.5. The highest BCUT2D eigenvalue weighted by Gasteiger charge is 2.33. The van der Waals surface area contributed by atoms with Crippen LogP contribution < -0.4 is 10.6 Å². The summed E-state index contributed by atoms with van der Waals surface area (Å²) in [6, 6.07) is -0.490. The molecule has 2 amide bonds. The fourth-order valence-corrected chi connectivity index (χ4v) is 2.75. The summed E-state index contributed by atoms with van der Waals surface area (Å²) < 4.78 is 5.36. The zero-order valence-electron chi connectivity index (χ0n) is 12.8. The molecule has 2 aliphatic rings. The van der Waals surface area contributed by atoms with Gasteiger partial charge in [-0.05, 0) is 26.4 Å². The molecule has 7 nitrogen and oxygen atoms in total. The van der Waals surface area contributed by atoms with Gasteiger partial charge in [-0.3, -0.25) is 14.5 Å². The van der Waals surface area contributed by atoms with Crippen molar-refractivity contribution in [2.75, 3.05) is 59.0 Å². The highest BCUT2D eigenvalue weighted by atomic mass is 16.5. The van der Waals surface area contributed by atoms with Crippen molar-refractivity contribution in [2.45, 2.75) is 19.4 Å². The first-order valence-electron chi connectivity index (χ1n) is 7.80. The lowest BCUT2D eigenvalue weighted by molar-refractivity contribution is -0.149. The van der Waals surface area contributed by atoms with Gasteiger partial charge in [-0.2, -0.15) is 0 Å². The van der Waals surface area contributed by atoms with Gasteiger partial charge in [0.25, 0.3) is 0 Å². The minimum Gasteiger partial charge on any atom is -0.377 e. The Morgan fingerprint density at radius 3 is 2.95 bits per heavy atom. The fourth-order valence-electron chi connectivity index (χ4n) is 2.75. The molecule has 2 rings (SSSR count). The van der Waals surface area contributed by atoms with E-state index < -0.39 is 6.04 Å². The summed E-state index contributed by atoms with van der Waals surface area (Å²) in [5, 5.41) is 6.10. The van der Waals surface area contributed by atoms with Crippen LogP contribution in [-0.2, 0) is 14.3 Å². The summed E-state index contributed by atoms with van der Waals surface area (Å²) in [7, 11) is 0. The van der Waals surface area contributed by atoms with E-state index >= 15 is 0 Å². The van der Waals surface area contributed by atoms with Gasteiger partial charge in [0.15, 0.2) is 0 Å². The second kappa shape index (κ2) is 8.31. The van der Waals surface area contributed by atoms with E-state index in [1.54, 1.807) is 4.90 Å². The van der Waals surface area contributed by atoms with Gasteiger partial charge in [0.1, 0.15) is 6.04 Å². The highest BCUT2D eigenvalue weighted by Crippen LogP contribution is 2.09. The summed E-state index contributed by atoms with van der Waals surface area (Å²) in [5.41, 5.74) is 0. The largest absolute Gasteiger partial charge is 0.377 e. The molecule has 0 spiro atoms. The van der Waals surface area contributed by atoms with E-state index in [2.05, 4.69) is 15.5 Å². The van der Waals surface area contributed by atoms with E-state index in [0.29, 0.717) is 32.8 Å². The highest BCUT2D eigenvalue weighted by molar-refractivity contribution is 5.88. The number of nitrogens with zero attached hydrogens (tertiary/aromatic N) is 2. The smallest absolute Gasteiger partial charge is 0.245 e. The number of carbonyl (C=O) groups is 2. The van der Waals surface area contributed by atoms with Crippen LogP contribution in [0.4, 0.5) is 0 Å². The molecular weight excluding hydrogens is 272 g/mol. The Hall–Kier alpha value is -1.18. The molecule has 0 bridgehead atoms. The molecule has 0 radical (unpaired) electrons. The van der Waals surface area contributed by atoms with E-state index in [0.717, 1.165) is 32.6 Å². The van der Waals surface area contributed by atoms with Gasteiger partial charge in [-0.25, -0.2) is 0 Å². The van der Waals surface area contributed by atoms with E-state index in [1.807, 2.05) is 6.92 Å². The van der Waals surface area contributed by atoms with Crippen LogP contribution in [0.5, 0.6) is 0 Å². The van der Waals surface area contributed by atoms with Gasteiger partial charge < -0.3 is 20.3 Å². The van der Waals surface area contributed by atoms with E-state index in [-0.39, 0.29) is 11.8 Å². The molecule has 21 heavy (non-hydrogen) atoms. The molecule has 2 saturated heterocycles. The van der Waals surface area contributed by atoms with Gasteiger partial charge in [0.2, 0.25) is 11.8 Å². The Balaban J connectivity index is 1.92. The van der Waals surface area contributed by atoms with E-state index in [1.165, 1.54) is 0 Å². The molecule has 0 saturated carbocycles. The third-order valence-electron chi connectivity index (χ3n) is 3.89. The molecule has 0 aliphatic carbocycles. The molecule has 120 valence electrons. The van der Waals surface area contributed by atoms with Crippen molar-refractivity contribution in [3.63, 3.8) is 0 Å². The van der Waals surface area contributed by atoms with Crippen LogP contribution in [-0.4, -0.2) is 86.7 Å². The third-order valence-corrected chi connectivity index (χ3v) is 3.89. The Morgan fingerprint density at radius 1 is 1.29 bits per heavy atom. The van der Waals surface area contributed by atoms with Crippen molar-refractivity contribution in [3.05, 3.63) is 0 Å². The van der Waals surface area contributed by atoms with Crippen molar-refractivity contribution in [1.82, 2.24) is 20.4 Å². The van der Waals surface area contributed by atoms with Crippen LogP contribution in [0.3, 0.4) is 0 Å². The van der Waals surface area contributed by atoms with Crippen LogP contribution in [0, 0.1) is 0 Å². The maximum atomic E-state index is 12.5. The number of likely N-dealkylation sites (N-methyl/N-ethyl adjacent to an activating group) is 1. The third kappa shape index (κ3) is 4.66. The number of hydrogen-bond acceptors (Lipinski definition) is 5. The SMILES string of the molecule is CCNC(=O)C1COCCN1C(=O)CN1CCCNCC1. The van der Waals surface area contributed by atoms with Crippen LogP contribution in [0.2, 0.25) is 0 Å². The first-order valence-corrected chi connectivity index (χ1v) is 7.80. The standard InChI is InChI=1S/C14H26N4O3/c1-2-16-14(20)12-11-21-9-8-18(12)13(19)10-17-6-3-4-15-5-7-17/h12,15H,2-11H2,1H3,(H,16,20). The molecule has 0 aromatic carbocycles. The second-order valence-electron chi connectivity index (χ2n) is 5.45. The number of amides is 2. The summed E-state index contributed by atoms with van der Waals surface area (Å²) in [6.45, 7) is 7.83. The first-order chi connectivity index (χ1) is 10.2. The molecule has 2 N–H and O–H groups in total. The first kappa shape index (κ1) is 16.2. The Bertz CT molecular complexity index is 356. The minimum absolute atomic E-state index is 0.0245. The maximum Gasteiger partial charge on any atom is 0.245 e. The molecular formula is C14H26N4O3. The lowest BCUT2D eigenvalue weighted by Gasteiger charge is -2.35. The molecule has 2 heterocycles. The van der Waals surface area contributed by atoms with Crippen molar-refractivity contribution >= 4 is 11.8 Å². The van der Waals surface area contributed by atoms with Crippen molar-refractivity contribution in [1.29, 1.82) is 0 Å². The number of ether oxygens (including phenoxy) is 1. The van der Waals surface area contributed by atoms with Crippen molar-refractivity contribution in [2.24, 2.45) is 0 Å². The van der Waals surface area contributed by atoms with Gasteiger partial charge in [-0.1, -0.05) is 0 Å². The van der Waals surface area contributed by atoms with Crippen molar-refractivity contribution in [3.8, 4) is 0 Å². The van der Waals surface area contributed by atoms with Crippen LogP contribution in [0.15, 0.2) is 0 Å². The van der Waals surface area contributed by atoms with Gasteiger partial charge in [-0.15, -0.1) is 0 Å². The number of rotatable bonds is 4. The summed E-state index contributed by atoms with van der Waals surface area (Å²) in [5.74, 6) is -0.0977. The van der Waals surface area contributed by atoms with Crippen molar-refractivity contribution < 1.29 is 14.3 Å². The Morgan fingerprint density at radius 2 is 2.14 bits per heavy atom. The lowest BCUT2D eigenvalue weighted by Crippen LogP contribution is -2.57. The average molecular weight is 298 g/mol. The minimum atomic E-state index is -0.490. The average Bonchev–Trinajstić information content (AvgIpc) is 2.76. The monoisotopic (exact) mass is 298 g/mol. The van der Waals surface area contributed by atoms with E-state index in [4.69, 9.17) is 4.74 Å². The molecule has 1 atom stereocenters. The molecule has 0 aromatic rings. The number of carbonyl (C=O) groups excluding carboxylic acids is 2. The number of morpholine rings is 1. The zero-order valence-corrected chi connectivity index (χ0v) is 12.8. The number of hydrogen-bond donors (Lipinski definition) is 2. The molecule has 0 aromatic heterocycles. The zero-order chi connectivity index (χ0) is 15.1. The predicted octanol–water partition coefficient (Wildman–Crippen LogP) is -1.35. The van der Waals surface area contributed by atoms with Crippen LogP contribution in [0.25, 0.3) is 0 Å². The topological polar surface area (TPSA) is 73.9 Å². The van der Waals surface area contributed by atoms with Crippen LogP contribution >= 0.6 is 0 Å². The van der Waals surface area contributed by atoms with Gasteiger partial charge in [0.05, 0.1) is 19.8 Å². The fraction of sp³-hybridized carbons (Fsp3) is 0.857. The Kier molecular flexibility index (Phi) is 6.41. The summed E-state index contributed by atoms with van der Waals surface area (Å²) in [6.07, 6.45) is 1.05.